The Morgan fingerprint density at radius 2 is 2.25 bits per heavy atom. The first-order chi connectivity index (χ1) is 7.72. The topological polar surface area (TPSA) is 29.3 Å². The summed E-state index contributed by atoms with van der Waals surface area (Å²) in [5.74, 6) is 0.533. The van der Waals surface area contributed by atoms with Crippen molar-refractivity contribution in [3.05, 3.63) is 35.6 Å². The van der Waals surface area contributed by atoms with Gasteiger partial charge in [0, 0.05) is 12.5 Å². The van der Waals surface area contributed by atoms with E-state index in [1.54, 1.807) is 6.07 Å². The molecule has 1 aliphatic heterocycles. The van der Waals surface area contributed by atoms with Crippen LogP contribution in [0.25, 0.3) is 0 Å². The monoisotopic (exact) mass is 222 g/mol. The van der Waals surface area contributed by atoms with Crippen LogP contribution in [-0.2, 0) is 0 Å². The zero-order valence-corrected chi connectivity index (χ0v) is 9.70. The Morgan fingerprint density at radius 3 is 2.81 bits per heavy atom. The van der Waals surface area contributed by atoms with Crippen LogP contribution in [-0.4, -0.2) is 31.6 Å². The van der Waals surface area contributed by atoms with E-state index in [0.717, 1.165) is 25.1 Å². The fourth-order valence-electron chi connectivity index (χ4n) is 2.65. The van der Waals surface area contributed by atoms with E-state index in [0.29, 0.717) is 12.5 Å². The first kappa shape index (κ1) is 11.6. The highest BCUT2D eigenvalue weighted by Crippen LogP contribution is 2.31. The molecular weight excluding hydrogens is 203 g/mol. The molecule has 0 aliphatic carbocycles. The molecule has 88 valence electrons. The van der Waals surface area contributed by atoms with Crippen molar-refractivity contribution in [2.75, 3.05) is 26.7 Å². The number of halogens is 1. The molecule has 0 amide bonds. The molecule has 1 aromatic rings. The molecule has 1 saturated heterocycles. The summed E-state index contributed by atoms with van der Waals surface area (Å²) < 4.78 is 13.7. The van der Waals surface area contributed by atoms with E-state index in [1.165, 1.54) is 6.07 Å². The van der Waals surface area contributed by atoms with Crippen LogP contribution in [0, 0.1) is 11.7 Å². The Balaban J connectivity index is 2.19. The summed E-state index contributed by atoms with van der Waals surface area (Å²) in [5, 5.41) is 0. The van der Waals surface area contributed by atoms with Gasteiger partial charge in [0.1, 0.15) is 5.82 Å². The average molecular weight is 222 g/mol. The van der Waals surface area contributed by atoms with Gasteiger partial charge in [-0.15, -0.1) is 0 Å². The molecule has 0 bridgehead atoms. The van der Waals surface area contributed by atoms with Crippen LogP contribution in [0.1, 0.15) is 17.9 Å². The van der Waals surface area contributed by atoms with E-state index in [4.69, 9.17) is 5.73 Å². The van der Waals surface area contributed by atoms with Gasteiger partial charge in [-0.2, -0.15) is 0 Å². The van der Waals surface area contributed by atoms with Gasteiger partial charge >= 0.3 is 0 Å². The summed E-state index contributed by atoms with van der Waals surface area (Å²) in [5.41, 5.74) is 6.60. The molecule has 2 atom stereocenters. The number of likely N-dealkylation sites (tertiary alicyclic amines) is 1. The maximum atomic E-state index is 13.7. The maximum absolute atomic E-state index is 13.7. The molecule has 2 unspecified atom stereocenters. The lowest BCUT2D eigenvalue weighted by Gasteiger charge is -2.22. The van der Waals surface area contributed by atoms with Crippen molar-refractivity contribution < 1.29 is 4.39 Å². The van der Waals surface area contributed by atoms with Crippen LogP contribution >= 0.6 is 0 Å². The van der Waals surface area contributed by atoms with Gasteiger partial charge in [-0.1, -0.05) is 18.2 Å². The molecule has 1 aliphatic rings. The molecule has 2 N–H and O–H groups in total. The van der Waals surface area contributed by atoms with Crippen molar-refractivity contribution in [1.29, 1.82) is 0 Å². The SMILES string of the molecule is CN1CCC(C(CN)c2ccccc2F)C1. The number of nitrogens with zero attached hydrogens (tertiary/aromatic N) is 1. The summed E-state index contributed by atoms with van der Waals surface area (Å²) in [6.07, 6.45) is 1.12. The summed E-state index contributed by atoms with van der Waals surface area (Å²) in [7, 11) is 2.11. The molecule has 1 fully saturated rings. The van der Waals surface area contributed by atoms with Crippen LogP contribution in [0.5, 0.6) is 0 Å². The third-order valence-electron chi connectivity index (χ3n) is 3.56. The normalized spacial score (nSPS) is 23.6. The predicted octanol–water partition coefficient (Wildman–Crippen LogP) is 1.82. The highest BCUT2D eigenvalue weighted by molar-refractivity contribution is 5.23. The largest absolute Gasteiger partial charge is 0.330 e. The number of hydrogen-bond acceptors (Lipinski definition) is 2. The van der Waals surface area contributed by atoms with Crippen LogP contribution in [0.3, 0.4) is 0 Å². The van der Waals surface area contributed by atoms with Crippen LogP contribution in [0.4, 0.5) is 4.39 Å². The number of nitrogens with two attached hydrogens (primary N) is 1. The zero-order valence-electron chi connectivity index (χ0n) is 9.70. The minimum absolute atomic E-state index is 0.118. The van der Waals surface area contributed by atoms with E-state index in [9.17, 15) is 4.39 Å². The molecular formula is C13H19FN2. The third kappa shape index (κ3) is 2.25. The highest BCUT2D eigenvalue weighted by Gasteiger charge is 2.29. The summed E-state index contributed by atoms with van der Waals surface area (Å²) >= 11 is 0. The Labute approximate surface area is 96.2 Å². The minimum atomic E-state index is -0.118. The lowest BCUT2D eigenvalue weighted by atomic mass is 9.85. The van der Waals surface area contributed by atoms with Gasteiger partial charge in [-0.05, 0) is 44.1 Å². The summed E-state index contributed by atoms with van der Waals surface area (Å²) in [6, 6.07) is 7.01. The van der Waals surface area contributed by atoms with E-state index >= 15 is 0 Å². The van der Waals surface area contributed by atoms with Gasteiger partial charge in [0.05, 0.1) is 0 Å². The Hall–Kier alpha value is -0.930. The highest BCUT2D eigenvalue weighted by atomic mass is 19.1. The van der Waals surface area contributed by atoms with E-state index in [2.05, 4.69) is 11.9 Å². The van der Waals surface area contributed by atoms with Crippen molar-refractivity contribution in [2.45, 2.75) is 12.3 Å². The van der Waals surface area contributed by atoms with Crippen LogP contribution in [0.2, 0.25) is 0 Å². The number of rotatable bonds is 3. The number of benzene rings is 1. The van der Waals surface area contributed by atoms with Gasteiger partial charge in [-0.25, -0.2) is 4.39 Å². The molecule has 0 saturated carbocycles. The Morgan fingerprint density at radius 1 is 1.50 bits per heavy atom. The standard InChI is InChI=1S/C13H19FN2/c1-16-7-6-10(9-16)12(8-15)11-4-2-3-5-13(11)14/h2-5,10,12H,6-9,15H2,1H3. The minimum Gasteiger partial charge on any atom is -0.330 e. The van der Waals surface area contributed by atoms with Gasteiger partial charge in [0.15, 0.2) is 0 Å². The second-order valence-corrected chi connectivity index (χ2v) is 4.67. The van der Waals surface area contributed by atoms with Crippen molar-refractivity contribution in [2.24, 2.45) is 11.7 Å². The van der Waals surface area contributed by atoms with Gasteiger partial charge in [-0.3, -0.25) is 0 Å². The smallest absolute Gasteiger partial charge is 0.126 e. The van der Waals surface area contributed by atoms with Crippen LogP contribution < -0.4 is 5.73 Å². The molecule has 2 nitrogen and oxygen atoms in total. The van der Waals surface area contributed by atoms with Crippen molar-refractivity contribution in [3.8, 4) is 0 Å². The molecule has 16 heavy (non-hydrogen) atoms. The summed E-state index contributed by atoms with van der Waals surface area (Å²) in [6.45, 7) is 2.64. The van der Waals surface area contributed by atoms with Crippen LogP contribution in [0.15, 0.2) is 24.3 Å². The Bertz CT molecular complexity index is 354. The zero-order chi connectivity index (χ0) is 11.5. The maximum Gasteiger partial charge on any atom is 0.126 e. The van der Waals surface area contributed by atoms with Crippen molar-refractivity contribution in [1.82, 2.24) is 4.90 Å². The second-order valence-electron chi connectivity index (χ2n) is 4.67. The second kappa shape index (κ2) is 4.93. The lowest BCUT2D eigenvalue weighted by Crippen LogP contribution is -2.25. The quantitative estimate of drug-likeness (QED) is 0.845. The molecule has 0 spiro atoms. The lowest BCUT2D eigenvalue weighted by molar-refractivity contribution is 0.367. The molecule has 0 radical (unpaired) electrons. The molecule has 1 aromatic carbocycles. The third-order valence-corrected chi connectivity index (χ3v) is 3.56. The fraction of sp³-hybridized carbons (Fsp3) is 0.538. The molecule has 1 heterocycles. The Kier molecular flexibility index (Phi) is 3.56. The first-order valence-electron chi connectivity index (χ1n) is 5.85. The average Bonchev–Trinajstić information content (AvgIpc) is 2.69. The van der Waals surface area contributed by atoms with E-state index in [1.807, 2.05) is 12.1 Å². The van der Waals surface area contributed by atoms with Gasteiger partial charge < -0.3 is 10.6 Å². The number of hydrogen-bond donors (Lipinski definition) is 1. The van der Waals surface area contributed by atoms with Crippen molar-refractivity contribution in [3.63, 3.8) is 0 Å². The molecule has 2 rings (SSSR count). The van der Waals surface area contributed by atoms with Gasteiger partial charge in [0.2, 0.25) is 0 Å². The van der Waals surface area contributed by atoms with Crippen molar-refractivity contribution >= 4 is 0 Å². The summed E-state index contributed by atoms with van der Waals surface area (Å²) in [4.78, 5) is 2.29. The molecule has 0 aromatic heterocycles. The van der Waals surface area contributed by atoms with E-state index in [-0.39, 0.29) is 11.7 Å². The predicted molar refractivity (Wildman–Crippen MR) is 63.8 cm³/mol. The molecule has 3 heteroatoms. The first-order valence-corrected chi connectivity index (χ1v) is 5.85. The van der Waals surface area contributed by atoms with Gasteiger partial charge in [0.25, 0.3) is 0 Å². The fourth-order valence-corrected chi connectivity index (χ4v) is 2.65. The van der Waals surface area contributed by atoms with E-state index < -0.39 is 0 Å².